The number of hydrogen-bond acceptors (Lipinski definition) is 3. The van der Waals surface area contributed by atoms with Gasteiger partial charge in [0.1, 0.15) is 0 Å². The summed E-state index contributed by atoms with van der Waals surface area (Å²) in [5, 5.41) is 3.19. The van der Waals surface area contributed by atoms with Gasteiger partial charge in [-0.05, 0) is 23.7 Å². The molecule has 0 amide bonds. The lowest BCUT2D eigenvalue weighted by molar-refractivity contribution is 0.596. The average Bonchev–Trinajstić information content (AvgIpc) is 2.18. The molecule has 0 aromatic heterocycles. The Hall–Kier alpha value is -1.04. The first-order valence-corrected chi connectivity index (χ1v) is 6.50. The monoisotopic (exact) mass is 289 g/mol. The summed E-state index contributed by atoms with van der Waals surface area (Å²) in [6, 6.07) is 6.42. The fourth-order valence-corrected chi connectivity index (χ4v) is 2.68. The zero-order valence-corrected chi connectivity index (χ0v) is 10.1. The summed E-state index contributed by atoms with van der Waals surface area (Å²) in [6.07, 6.45) is 0. The molecule has 0 atom stereocenters. The van der Waals surface area contributed by atoms with Gasteiger partial charge in [-0.15, -0.1) is 0 Å². The van der Waals surface area contributed by atoms with E-state index in [4.69, 9.17) is 5.53 Å². The third-order valence-corrected chi connectivity index (χ3v) is 3.86. The Labute approximate surface area is 95.8 Å². The van der Waals surface area contributed by atoms with Gasteiger partial charge < -0.3 is 0 Å². The number of benzene rings is 1. The summed E-state index contributed by atoms with van der Waals surface area (Å²) in [6.45, 7) is -0.0503. The van der Waals surface area contributed by atoms with Gasteiger partial charge in [-0.1, -0.05) is 27.1 Å². The van der Waals surface area contributed by atoms with E-state index < -0.39 is 9.84 Å². The lowest BCUT2D eigenvalue weighted by atomic mass is 10.4. The smallest absolute Gasteiger partial charge is 0.178 e. The highest BCUT2D eigenvalue weighted by atomic mass is 79.9. The van der Waals surface area contributed by atoms with E-state index in [0.29, 0.717) is 4.47 Å². The molecular formula is C8H8BrN3O2S. The van der Waals surface area contributed by atoms with Crippen molar-refractivity contribution >= 4 is 25.8 Å². The van der Waals surface area contributed by atoms with Crippen LogP contribution in [0.1, 0.15) is 0 Å². The summed E-state index contributed by atoms with van der Waals surface area (Å²) < 4.78 is 24.0. The molecule has 15 heavy (non-hydrogen) atoms. The largest absolute Gasteiger partial charge is 0.224 e. The van der Waals surface area contributed by atoms with E-state index in [1.54, 1.807) is 12.1 Å². The van der Waals surface area contributed by atoms with E-state index in [9.17, 15) is 8.42 Å². The highest BCUT2D eigenvalue weighted by molar-refractivity contribution is 9.10. The lowest BCUT2D eigenvalue weighted by Crippen LogP contribution is -2.08. The SMILES string of the molecule is [N-]=[N+]=NCCS(=O)(=O)c1cccc(Br)c1. The van der Waals surface area contributed by atoms with Crippen molar-refractivity contribution in [2.24, 2.45) is 5.11 Å². The maximum absolute atomic E-state index is 11.7. The summed E-state index contributed by atoms with van der Waals surface area (Å²) in [4.78, 5) is 2.73. The first kappa shape index (κ1) is 12.0. The first-order chi connectivity index (χ1) is 7.06. The van der Waals surface area contributed by atoms with E-state index in [1.165, 1.54) is 12.1 Å². The van der Waals surface area contributed by atoms with Crippen molar-refractivity contribution in [1.82, 2.24) is 0 Å². The van der Waals surface area contributed by atoms with Gasteiger partial charge in [0.15, 0.2) is 9.84 Å². The molecule has 0 heterocycles. The van der Waals surface area contributed by atoms with Crippen molar-refractivity contribution in [3.8, 4) is 0 Å². The quantitative estimate of drug-likeness (QED) is 0.485. The van der Waals surface area contributed by atoms with Crippen molar-refractivity contribution in [3.63, 3.8) is 0 Å². The van der Waals surface area contributed by atoms with Gasteiger partial charge >= 0.3 is 0 Å². The minimum atomic E-state index is -3.35. The van der Waals surface area contributed by atoms with Crippen LogP contribution in [-0.4, -0.2) is 20.7 Å². The third kappa shape index (κ3) is 3.54. The Kier molecular flexibility index (Phi) is 4.14. The van der Waals surface area contributed by atoms with Crippen LogP contribution in [0.5, 0.6) is 0 Å². The van der Waals surface area contributed by atoms with E-state index in [1.807, 2.05) is 0 Å². The molecule has 0 fully saturated rings. The summed E-state index contributed by atoms with van der Waals surface area (Å²) in [5.74, 6) is -0.173. The molecule has 1 aromatic rings. The minimum absolute atomic E-state index is 0.0503. The standard InChI is InChI=1S/C8H8BrN3O2S/c9-7-2-1-3-8(6-7)15(13,14)5-4-11-12-10/h1-3,6H,4-5H2. The van der Waals surface area contributed by atoms with Crippen LogP contribution in [0.3, 0.4) is 0 Å². The van der Waals surface area contributed by atoms with E-state index in [0.717, 1.165) is 0 Å². The van der Waals surface area contributed by atoms with Gasteiger partial charge in [0.05, 0.1) is 10.6 Å². The van der Waals surface area contributed by atoms with E-state index in [-0.39, 0.29) is 17.2 Å². The normalized spacial score (nSPS) is 10.7. The fraction of sp³-hybridized carbons (Fsp3) is 0.250. The maximum atomic E-state index is 11.7. The molecular weight excluding hydrogens is 282 g/mol. The van der Waals surface area contributed by atoms with Crippen molar-refractivity contribution in [1.29, 1.82) is 0 Å². The van der Waals surface area contributed by atoms with Gasteiger partial charge in [0, 0.05) is 15.9 Å². The number of rotatable bonds is 4. The van der Waals surface area contributed by atoms with Crippen LogP contribution in [0.25, 0.3) is 10.4 Å². The summed E-state index contributed by atoms with van der Waals surface area (Å²) in [7, 11) is -3.35. The Morgan fingerprint density at radius 2 is 2.20 bits per heavy atom. The van der Waals surface area contributed by atoms with E-state index in [2.05, 4.69) is 26.0 Å². The number of azide groups is 1. The maximum Gasteiger partial charge on any atom is 0.178 e. The van der Waals surface area contributed by atoms with Crippen LogP contribution in [0, 0.1) is 0 Å². The number of nitrogens with zero attached hydrogens (tertiary/aromatic N) is 3. The second-order valence-corrected chi connectivity index (χ2v) is 5.76. The molecule has 1 rings (SSSR count). The predicted molar refractivity (Wildman–Crippen MR) is 60.2 cm³/mol. The van der Waals surface area contributed by atoms with Crippen LogP contribution in [-0.2, 0) is 9.84 Å². The molecule has 1 aromatic carbocycles. The molecule has 80 valence electrons. The first-order valence-electron chi connectivity index (χ1n) is 4.05. The molecule has 0 bridgehead atoms. The molecule has 0 spiro atoms. The lowest BCUT2D eigenvalue weighted by Gasteiger charge is -2.02. The zero-order valence-electron chi connectivity index (χ0n) is 7.67. The van der Waals surface area contributed by atoms with Gasteiger partial charge in [0.2, 0.25) is 0 Å². The Morgan fingerprint density at radius 1 is 1.47 bits per heavy atom. The summed E-state index contributed by atoms with van der Waals surface area (Å²) in [5.41, 5.74) is 8.03. The van der Waals surface area contributed by atoms with Crippen LogP contribution in [0.4, 0.5) is 0 Å². The molecule has 0 radical (unpaired) electrons. The Morgan fingerprint density at radius 3 is 2.80 bits per heavy atom. The van der Waals surface area contributed by atoms with Crippen LogP contribution in [0.2, 0.25) is 0 Å². The number of sulfone groups is 1. The van der Waals surface area contributed by atoms with Crippen molar-refractivity contribution in [2.45, 2.75) is 4.90 Å². The number of halogens is 1. The highest BCUT2D eigenvalue weighted by Gasteiger charge is 2.13. The second-order valence-electron chi connectivity index (χ2n) is 2.73. The third-order valence-electron chi connectivity index (χ3n) is 1.68. The minimum Gasteiger partial charge on any atom is -0.224 e. The number of hydrogen-bond donors (Lipinski definition) is 0. The Bertz CT molecular complexity index is 494. The average molecular weight is 290 g/mol. The predicted octanol–water partition coefficient (Wildman–Crippen LogP) is 2.53. The zero-order chi connectivity index (χ0) is 11.3. The molecule has 0 aliphatic rings. The van der Waals surface area contributed by atoms with Crippen molar-refractivity contribution in [2.75, 3.05) is 12.3 Å². The van der Waals surface area contributed by atoms with Gasteiger partial charge in [0.25, 0.3) is 0 Å². The molecule has 0 unspecified atom stereocenters. The molecule has 0 saturated heterocycles. The molecule has 0 saturated carbocycles. The van der Waals surface area contributed by atoms with Gasteiger partial charge in [-0.25, -0.2) is 8.42 Å². The van der Waals surface area contributed by atoms with Gasteiger partial charge in [-0.2, -0.15) is 0 Å². The topological polar surface area (TPSA) is 82.9 Å². The second kappa shape index (κ2) is 5.16. The Balaban J connectivity index is 2.91. The molecule has 0 N–H and O–H groups in total. The molecule has 0 aliphatic heterocycles. The molecule has 0 aliphatic carbocycles. The highest BCUT2D eigenvalue weighted by Crippen LogP contribution is 2.17. The molecule has 5 nitrogen and oxygen atoms in total. The summed E-state index contributed by atoms with van der Waals surface area (Å²) >= 11 is 3.19. The van der Waals surface area contributed by atoms with Crippen LogP contribution in [0.15, 0.2) is 38.7 Å². The fourth-order valence-electron chi connectivity index (χ4n) is 0.984. The molecule has 7 heteroatoms. The van der Waals surface area contributed by atoms with Crippen LogP contribution >= 0.6 is 15.9 Å². The van der Waals surface area contributed by atoms with Gasteiger partial charge in [-0.3, -0.25) is 0 Å². The van der Waals surface area contributed by atoms with Crippen molar-refractivity contribution in [3.05, 3.63) is 39.2 Å². The van der Waals surface area contributed by atoms with E-state index >= 15 is 0 Å². The van der Waals surface area contributed by atoms with Crippen molar-refractivity contribution < 1.29 is 8.42 Å². The van der Waals surface area contributed by atoms with Crippen LogP contribution < -0.4 is 0 Å².